The number of unbranched alkanes of at least 4 members (excludes halogenated alkanes) is 1. The van der Waals surface area contributed by atoms with Crippen molar-refractivity contribution in [2.45, 2.75) is 39.2 Å². The smallest absolute Gasteiger partial charge is 0.224 e. The summed E-state index contributed by atoms with van der Waals surface area (Å²) >= 11 is 0. The summed E-state index contributed by atoms with van der Waals surface area (Å²) in [6.45, 7) is 12.6. The number of hydrogen-bond acceptors (Lipinski definition) is 2. The van der Waals surface area contributed by atoms with Crippen molar-refractivity contribution >= 4 is 5.91 Å². The number of likely N-dealkylation sites (N-methyl/N-ethyl adjacent to an activating group) is 1. The summed E-state index contributed by atoms with van der Waals surface area (Å²) in [5, 5.41) is 2.89. The van der Waals surface area contributed by atoms with Gasteiger partial charge < -0.3 is 10.2 Å². The van der Waals surface area contributed by atoms with Crippen LogP contribution in [-0.4, -0.2) is 30.4 Å². The zero-order valence-corrected chi connectivity index (χ0v) is 10.8. The molecule has 0 radical (unpaired) electrons. The fourth-order valence-electron chi connectivity index (χ4n) is 1.38. The molecule has 0 aromatic rings. The molecular weight excluding hydrogens is 200 g/mol. The molecule has 1 N–H and O–H groups in total. The van der Waals surface area contributed by atoms with Crippen LogP contribution in [0.25, 0.3) is 0 Å². The first-order valence-corrected chi connectivity index (χ1v) is 5.83. The van der Waals surface area contributed by atoms with E-state index in [0.717, 1.165) is 25.1 Å². The molecule has 3 heteroatoms. The van der Waals surface area contributed by atoms with Crippen LogP contribution < -0.4 is 5.32 Å². The standard InChI is InChI=1S/C13H24N2O/c1-6-8-10-15(5)12(4)11(3)14-13(16)9-7-2/h7,11H,2,4,6,8-10H2,1,3,5H3,(H,14,16). The number of rotatable bonds is 8. The van der Waals surface area contributed by atoms with E-state index in [4.69, 9.17) is 0 Å². The second-order valence-electron chi connectivity index (χ2n) is 4.05. The fraction of sp³-hybridized carbons (Fsp3) is 0.615. The normalized spacial score (nSPS) is 11.7. The lowest BCUT2D eigenvalue weighted by molar-refractivity contribution is -0.120. The quantitative estimate of drug-likeness (QED) is 0.642. The molecule has 1 amide bonds. The van der Waals surface area contributed by atoms with Gasteiger partial charge in [-0.05, 0) is 13.3 Å². The van der Waals surface area contributed by atoms with Gasteiger partial charge in [-0.3, -0.25) is 4.79 Å². The van der Waals surface area contributed by atoms with Crippen molar-refractivity contribution in [3.63, 3.8) is 0 Å². The first kappa shape index (κ1) is 14.8. The Balaban J connectivity index is 4.06. The Kier molecular flexibility index (Phi) is 7.34. The van der Waals surface area contributed by atoms with E-state index in [1.54, 1.807) is 6.08 Å². The van der Waals surface area contributed by atoms with Crippen LogP contribution in [0.15, 0.2) is 24.9 Å². The van der Waals surface area contributed by atoms with Crippen molar-refractivity contribution in [3.05, 3.63) is 24.9 Å². The molecule has 0 saturated carbocycles. The molecule has 0 heterocycles. The average Bonchev–Trinajstić information content (AvgIpc) is 2.24. The van der Waals surface area contributed by atoms with Crippen LogP contribution in [-0.2, 0) is 4.79 Å². The molecule has 3 nitrogen and oxygen atoms in total. The van der Waals surface area contributed by atoms with Gasteiger partial charge in [0.2, 0.25) is 5.91 Å². The van der Waals surface area contributed by atoms with Crippen LogP contribution in [0.3, 0.4) is 0 Å². The van der Waals surface area contributed by atoms with E-state index >= 15 is 0 Å². The minimum Gasteiger partial charge on any atom is -0.377 e. The van der Waals surface area contributed by atoms with Crippen LogP contribution in [0.1, 0.15) is 33.1 Å². The topological polar surface area (TPSA) is 32.3 Å². The molecule has 0 spiro atoms. The molecule has 16 heavy (non-hydrogen) atoms. The highest BCUT2D eigenvalue weighted by atomic mass is 16.1. The van der Waals surface area contributed by atoms with Crippen LogP contribution >= 0.6 is 0 Å². The van der Waals surface area contributed by atoms with Gasteiger partial charge in [-0.2, -0.15) is 0 Å². The van der Waals surface area contributed by atoms with Gasteiger partial charge in [-0.15, -0.1) is 6.58 Å². The van der Waals surface area contributed by atoms with Crippen LogP contribution in [0.5, 0.6) is 0 Å². The van der Waals surface area contributed by atoms with Gasteiger partial charge in [0, 0.05) is 25.7 Å². The number of carbonyl (C=O) groups excluding carboxylic acids is 1. The fourth-order valence-corrected chi connectivity index (χ4v) is 1.38. The van der Waals surface area contributed by atoms with Crippen molar-refractivity contribution in [3.8, 4) is 0 Å². The molecule has 1 unspecified atom stereocenters. The molecule has 0 rings (SSSR count). The molecule has 92 valence electrons. The van der Waals surface area contributed by atoms with E-state index in [2.05, 4.69) is 30.3 Å². The Morgan fingerprint density at radius 1 is 1.56 bits per heavy atom. The van der Waals surface area contributed by atoms with E-state index in [0.29, 0.717) is 6.42 Å². The second kappa shape index (κ2) is 7.97. The lowest BCUT2D eigenvalue weighted by atomic mass is 10.2. The van der Waals surface area contributed by atoms with Crippen molar-refractivity contribution in [1.29, 1.82) is 0 Å². The highest BCUT2D eigenvalue weighted by Crippen LogP contribution is 2.06. The van der Waals surface area contributed by atoms with Gasteiger partial charge in [-0.1, -0.05) is 26.0 Å². The van der Waals surface area contributed by atoms with Gasteiger partial charge in [0.25, 0.3) is 0 Å². The van der Waals surface area contributed by atoms with Crippen LogP contribution in [0, 0.1) is 0 Å². The Morgan fingerprint density at radius 2 is 2.19 bits per heavy atom. The van der Waals surface area contributed by atoms with E-state index in [-0.39, 0.29) is 11.9 Å². The highest BCUT2D eigenvalue weighted by Gasteiger charge is 2.12. The third kappa shape index (κ3) is 5.59. The molecule has 0 aliphatic carbocycles. The summed E-state index contributed by atoms with van der Waals surface area (Å²) in [6, 6.07) is -0.0192. The summed E-state index contributed by atoms with van der Waals surface area (Å²) in [5.74, 6) is -0.00691. The number of hydrogen-bond donors (Lipinski definition) is 1. The third-order valence-electron chi connectivity index (χ3n) is 2.54. The van der Waals surface area contributed by atoms with Crippen molar-refractivity contribution in [1.82, 2.24) is 10.2 Å². The van der Waals surface area contributed by atoms with Crippen molar-refractivity contribution < 1.29 is 4.79 Å². The Morgan fingerprint density at radius 3 is 2.69 bits per heavy atom. The molecule has 0 aliphatic heterocycles. The Bertz CT molecular complexity index is 248. The maximum atomic E-state index is 11.4. The number of nitrogens with one attached hydrogen (secondary N) is 1. The molecule has 0 fully saturated rings. The van der Waals surface area contributed by atoms with Gasteiger partial charge in [0.05, 0.1) is 6.04 Å². The van der Waals surface area contributed by atoms with Crippen molar-refractivity contribution in [2.24, 2.45) is 0 Å². The maximum absolute atomic E-state index is 11.4. The summed E-state index contributed by atoms with van der Waals surface area (Å²) < 4.78 is 0. The first-order valence-electron chi connectivity index (χ1n) is 5.83. The first-order chi connectivity index (χ1) is 7.52. The van der Waals surface area contributed by atoms with E-state index in [1.165, 1.54) is 0 Å². The second-order valence-corrected chi connectivity index (χ2v) is 4.05. The number of nitrogens with zero attached hydrogens (tertiary/aromatic N) is 1. The summed E-state index contributed by atoms with van der Waals surface area (Å²) in [7, 11) is 2.01. The lowest BCUT2D eigenvalue weighted by Gasteiger charge is -2.26. The van der Waals surface area contributed by atoms with E-state index < -0.39 is 0 Å². The molecule has 0 aromatic carbocycles. The highest BCUT2D eigenvalue weighted by molar-refractivity contribution is 5.77. The number of amides is 1. The molecule has 0 aromatic heterocycles. The van der Waals surface area contributed by atoms with Crippen LogP contribution in [0.4, 0.5) is 0 Å². The predicted octanol–water partition coefficient (Wildman–Crippen LogP) is 2.31. The lowest BCUT2D eigenvalue weighted by Crippen LogP contribution is -2.38. The predicted molar refractivity (Wildman–Crippen MR) is 69.1 cm³/mol. The maximum Gasteiger partial charge on any atom is 0.224 e. The van der Waals surface area contributed by atoms with Gasteiger partial charge in [-0.25, -0.2) is 0 Å². The monoisotopic (exact) mass is 224 g/mol. The minimum absolute atomic E-state index is 0.00691. The van der Waals surface area contributed by atoms with Crippen LogP contribution in [0.2, 0.25) is 0 Å². The molecule has 0 bridgehead atoms. The van der Waals surface area contributed by atoms with Gasteiger partial charge in [0.15, 0.2) is 0 Å². The van der Waals surface area contributed by atoms with E-state index in [1.807, 2.05) is 14.0 Å². The third-order valence-corrected chi connectivity index (χ3v) is 2.54. The molecular formula is C13H24N2O. The number of carbonyl (C=O) groups is 1. The largest absolute Gasteiger partial charge is 0.377 e. The molecule has 0 aliphatic rings. The molecule has 1 atom stereocenters. The average molecular weight is 224 g/mol. The minimum atomic E-state index is -0.0192. The molecule has 0 saturated heterocycles. The zero-order chi connectivity index (χ0) is 12.6. The summed E-state index contributed by atoms with van der Waals surface area (Å²) in [4.78, 5) is 13.5. The summed E-state index contributed by atoms with van der Waals surface area (Å²) in [6.07, 6.45) is 4.26. The van der Waals surface area contributed by atoms with Gasteiger partial charge >= 0.3 is 0 Å². The Labute approximate surface area is 99.2 Å². The SMILES string of the molecule is C=CCC(=O)NC(C)C(=C)N(C)CCCC. The van der Waals surface area contributed by atoms with Crippen molar-refractivity contribution in [2.75, 3.05) is 13.6 Å². The summed E-state index contributed by atoms with van der Waals surface area (Å²) in [5.41, 5.74) is 0.950. The van der Waals surface area contributed by atoms with E-state index in [9.17, 15) is 4.79 Å². The van der Waals surface area contributed by atoms with Gasteiger partial charge in [0.1, 0.15) is 0 Å². The Hall–Kier alpha value is -1.25. The zero-order valence-electron chi connectivity index (χ0n) is 10.8.